The summed E-state index contributed by atoms with van der Waals surface area (Å²) in [6.07, 6.45) is -5.18. The van der Waals surface area contributed by atoms with Crippen LogP contribution in [-0.4, -0.2) is 63.3 Å². The van der Waals surface area contributed by atoms with Crippen LogP contribution in [0.4, 0.5) is 28.0 Å². The van der Waals surface area contributed by atoms with Crippen LogP contribution in [0, 0.1) is 5.82 Å². The molecule has 0 radical (unpaired) electrons. The highest BCUT2D eigenvalue weighted by Crippen LogP contribution is 2.34. The number of fused-ring (bicyclic) bond motifs is 3. The Morgan fingerprint density at radius 2 is 2.00 bits per heavy atom. The minimum absolute atomic E-state index is 0.0269. The van der Waals surface area contributed by atoms with Gasteiger partial charge in [0.25, 0.3) is 5.91 Å². The molecule has 0 saturated heterocycles. The Morgan fingerprint density at radius 3 is 2.67 bits per heavy atom. The summed E-state index contributed by atoms with van der Waals surface area (Å²) in [7, 11) is 1.43. The number of nitrogens with one attached hydrogen (secondary N) is 2. The number of hydroxylamine groups is 2. The fraction of sp³-hybridized carbons (Fsp3) is 0.455. The van der Waals surface area contributed by atoms with E-state index in [1.807, 2.05) is 0 Å². The Balaban J connectivity index is 1.58. The van der Waals surface area contributed by atoms with Gasteiger partial charge in [-0.05, 0) is 25.1 Å². The van der Waals surface area contributed by atoms with Crippen molar-refractivity contribution in [2.24, 2.45) is 0 Å². The van der Waals surface area contributed by atoms with Crippen LogP contribution in [0.1, 0.15) is 41.2 Å². The summed E-state index contributed by atoms with van der Waals surface area (Å²) < 4.78 is 54.3. The molecule has 1 aromatic heterocycles. The van der Waals surface area contributed by atoms with Crippen LogP contribution in [0.5, 0.6) is 0 Å². The highest BCUT2D eigenvalue weighted by atomic mass is 19.4. The fourth-order valence-electron chi connectivity index (χ4n) is 4.26. The van der Waals surface area contributed by atoms with Gasteiger partial charge in [0.05, 0.1) is 24.3 Å². The molecule has 0 aliphatic carbocycles. The van der Waals surface area contributed by atoms with Crippen molar-refractivity contribution in [1.29, 1.82) is 0 Å². The Labute approximate surface area is 203 Å². The standard InChI is InChI=1S/C22H24F4N6O4/c1-11-6-18-15(19-20(34)30(3)36-14(8-27-12(2)33)9-32(19)29-18)10-31(11)21(35)28-13-4-5-17(23)16(7-13)22(24,25)26/h4-5,7,11,14H,6,8-10H2,1-3H3,(H,27,33)(H,28,35)/t11-,14?/m1/s1. The Kier molecular flexibility index (Phi) is 6.64. The van der Waals surface area contributed by atoms with Gasteiger partial charge in [-0.1, -0.05) is 0 Å². The van der Waals surface area contributed by atoms with E-state index in [1.54, 1.807) is 6.92 Å². The molecule has 0 fully saturated rings. The minimum atomic E-state index is -4.92. The summed E-state index contributed by atoms with van der Waals surface area (Å²) in [6.45, 7) is 3.41. The minimum Gasteiger partial charge on any atom is -0.354 e. The van der Waals surface area contributed by atoms with Crippen LogP contribution in [0.2, 0.25) is 0 Å². The zero-order valence-corrected chi connectivity index (χ0v) is 19.6. The second-order valence-corrected chi connectivity index (χ2v) is 8.73. The number of rotatable bonds is 3. The zero-order chi connectivity index (χ0) is 26.4. The molecule has 2 aliphatic heterocycles. The van der Waals surface area contributed by atoms with E-state index in [2.05, 4.69) is 15.7 Å². The molecule has 36 heavy (non-hydrogen) atoms. The maximum Gasteiger partial charge on any atom is 0.419 e. The second-order valence-electron chi connectivity index (χ2n) is 8.73. The molecule has 0 spiro atoms. The first-order chi connectivity index (χ1) is 16.8. The van der Waals surface area contributed by atoms with Crippen molar-refractivity contribution in [3.63, 3.8) is 0 Å². The lowest BCUT2D eigenvalue weighted by molar-refractivity contribution is -0.148. The number of aromatic nitrogens is 2. The number of benzene rings is 1. The van der Waals surface area contributed by atoms with Gasteiger partial charge in [-0.3, -0.25) is 19.1 Å². The van der Waals surface area contributed by atoms with E-state index in [-0.39, 0.29) is 36.9 Å². The number of hydrogen-bond donors (Lipinski definition) is 2. The molecule has 2 atom stereocenters. The fourth-order valence-corrected chi connectivity index (χ4v) is 4.26. The van der Waals surface area contributed by atoms with Crippen molar-refractivity contribution in [2.45, 2.75) is 51.7 Å². The van der Waals surface area contributed by atoms with E-state index < -0.39 is 41.6 Å². The first kappa shape index (κ1) is 25.4. The largest absolute Gasteiger partial charge is 0.419 e. The summed E-state index contributed by atoms with van der Waals surface area (Å²) in [5.41, 5.74) is -0.364. The maximum absolute atomic E-state index is 13.6. The van der Waals surface area contributed by atoms with E-state index in [0.29, 0.717) is 29.8 Å². The molecule has 194 valence electrons. The SMILES string of the molecule is CC(=O)NCC1Cn2nc3c(c2C(=O)N(C)O1)CN(C(=O)Nc1ccc(F)c(C(F)(F)F)c1)[C@H](C)C3. The van der Waals surface area contributed by atoms with Crippen LogP contribution in [0.15, 0.2) is 18.2 Å². The van der Waals surface area contributed by atoms with Gasteiger partial charge in [-0.25, -0.2) is 14.2 Å². The third-order valence-corrected chi connectivity index (χ3v) is 6.02. The molecular formula is C22H24F4N6O4. The second kappa shape index (κ2) is 9.41. The maximum atomic E-state index is 13.6. The van der Waals surface area contributed by atoms with Gasteiger partial charge in [0.15, 0.2) is 0 Å². The smallest absolute Gasteiger partial charge is 0.354 e. The number of amides is 4. The highest BCUT2D eigenvalue weighted by molar-refractivity contribution is 5.94. The van der Waals surface area contributed by atoms with Crippen LogP contribution in [0.3, 0.4) is 0 Å². The van der Waals surface area contributed by atoms with Gasteiger partial charge in [0, 0.05) is 44.2 Å². The average molecular weight is 512 g/mol. The molecule has 1 aromatic carbocycles. The first-order valence-corrected chi connectivity index (χ1v) is 11.1. The lowest BCUT2D eigenvalue weighted by atomic mass is 9.99. The van der Waals surface area contributed by atoms with E-state index in [4.69, 9.17) is 4.84 Å². The number of urea groups is 1. The molecule has 10 nitrogen and oxygen atoms in total. The molecule has 2 N–H and O–H groups in total. The molecule has 3 heterocycles. The number of carbonyl (C=O) groups excluding carboxylic acids is 3. The van der Waals surface area contributed by atoms with Crippen molar-refractivity contribution >= 4 is 23.5 Å². The van der Waals surface area contributed by atoms with E-state index >= 15 is 0 Å². The molecule has 1 unspecified atom stereocenters. The van der Waals surface area contributed by atoms with Crippen molar-refractivity contribution in [1.82, 2.24) is 25.1 Å². The van der Waals surface area contributed by atoms with Crippen molar-refractivity contribution in [3.8, 4) is 0 Å². The quantitative estimate of drug-likeness (QED) is 0.615. The average Bonchev–Trinajstić information content (AvgIpc) is 3.07. The zero-order valence-electron chi connectivity index (χ0n) is 19.6. The Hall–Kier alpha value is -3.68. The van der Waals surface area contributed by atoms with Gasteiger partial charge in [-0.15, -0.1) is 0 Å². The molecule has 2 aromatic rings. The molecule has 2 aliphatic rings. The van der Waals surface area contributed by atoms with Crippen LogP contribution < -0.4 is 10.6 Å². The van der Waals surface area contributed by atoms with Crippen molar-refractivity contribution in [2.75, 3.05) is 18.9 Å². The van der Waals surface area contributed by atoms with Crippen molar-refractivity contribution < 1.29 is 36.8 Å². The van der Waals surface area contributed by atoms with E-state index in [0.717, 1.165) is 11.1 Å². The van der Waals surface area contributed by atoms with Gasteiger partial charge >= 0.3 is 12.2 Å². The summed E-state index contributed by atoms with van der Waals surface area (Å²) in [5, 5.41) is 10.6. The first-order valence-electron chi connectivity index (χ1n) is 11.1. The summed E-state index contributed by atoms with van der Waals surface area (Å²) in [6, 6.07) is 1.12. The molecule has 0 bridgehead atoms. The van der Waals surface area contributed by atoms with Gasteiger partial charge in [0.2, 0.25) is 5.91 Å². The summed E-state index contributed by atoms with van der Waals surface area (Å²) >= 11 is 0. The molecule has 0 saturated carbocycles. The predicted molar refractivity (Wildman–Crippen MR) is 117 cm³/mol. The van der Waals surface area contributed by atoms with Gasteiger partial charge in [0.1, 0.15) is 17.6 Å². The number of nitrogens with zero attached hydrogens (tertiary/aromatic N) is 4. The lowest BCUT2D eigenvalue weighted by Crippen LogP contribution is -2.45. The molecule has 14 heteroatoms. The van der Waals surface area contributed by atoms with Gasteiger partial charge < -0.3 is 15.5 Å². The monoisotopic (exact) mass is 512 g/mol. The van der Waals surface area contributed by atoms with Crippen molar-refractivity contribution in [3.05, 3.63) is 46.5 Å². The summed E-state index contributed by atoms with van der Waals surface area (Å²) in [4.78, 5) is 44.3. The molecule has 4 rings (SSSR count). The number of anilines is 1. The third kappa shape index (κ3) is 4.98. The topological polar surface area (TPSA) is 109 Å². The van der Waals surface area contributed by atoms with Gasteiger partial charge in [-0.2, -0.15) is 18.3 Å². The number of halogens is 4. The predicted octanol–water partition coefficient (Wildman–Crippen LogP) is 2.54. The molecule has 4 amide bonds. The Bertz CT molecular complexity index is 1210. The normalized spacial score (nSPS) is 19.9. The molecular weight excluding hydrogens is 488 g/mol. The number of alkyl halides is 3. The number of hydrogen-bond acceptors (Lipinski definition) is 5. The highest BCUT2D eigenvalue weighted by Gasteiger charge is 2.38. The lowest BCUT2D eigenvalue weighted by Gasteiger charge is -2.33. The van der Waals surface area contributed by atoms with E-state index in [1.165, 1.54) is 23.6 Å². The van der Waals surface area contributed by atoms with Crippen LogP contribution in [-0.2, 0) is 35.3 Å². The Morgan fingerprint density at radius 1 is 1.28 bits per heavy atom. The number of carbonyl (C=O) groups is 3. The third-order valence-electron chi connectivity index (χ3n) is 6.02. The van der Waals surface area contributed by atoms with Crippen LogP contribution in [0.25, 0.3) is 0 Å². The summed E-state index contributed by atoms with van der Waals surface area (Å²) in [5.74, 6) is -2.19. The van der Waals surface area contributed by atoms with E-state index in [9.17, 15) is 31.9 Å². The van der Waals surface area contributed by atoms with Crippen LogP contribution >= 0.6 is 0 Å².